The fraction of sp³-hybridized carbons (Fsp3) is 0.0323. The van der Waals surface area contributed by atoms with Gasteiger partial charge in [-0.1, -0.05) is 115 Å². The fourth-order valence-corrected chi connectivity index (χ4v) is 4.99. The summed E-state index contributed by atoms with van der Waals surface area (Å²) >= 11 is 0. The predicted molar refractivity (Wildman–Crippen MR) is 136 cm³/mol. The predicted octanol–water partition coefficient (Wildman–Crippen LogP) is 8.49. The molecule has 0 unspecified atom stereocenters. The van der Waals surface area contributed by atoms with E-state index in [0.29, 0.717) is 0 Å². The molecular weight excluding hydrogens is 388 g/mol. The van der Waals surface area contributed by atoms with Gasteiger partial charge in [0, 0.05) is 11.1 Å². The summed E-state index contributed by atoms with van der Waals surface area (Å²) in [6.45, 7) is 0. The van der Waals surface area contributed by atoms with Crippen LogP contribution in [0.1, 0.15) is 0 Å². The van der Waals surface area contributed by atoms with E-state index in [2.05, 4.69) is 109 Å². The smallest absolute Gasteiger partial charge is 0.134 e. The van der Waals surface area contributed by atoms with Gasteiger partial charge in [-0.2, -0.15) is 0 Å². The summed E-state index contributed by atoms with van der Waals surface area (Å²) in [6, 6.07) is 40.9. The number of benzene rings is 6. The zero-order chi connectivity index (χ0) is 21.5. The molecule has 6 aromatic carbocycles. The molecule has 152 valence electrons. The molecule has 0 fully saturated rings. The van der Waals surface area contributed by atoms with Gasteiger partial charge in [0.05, 0.1) is 7.11 Å². The zero-order valence-electron chi connectivity index (χ0n) is 17.9. The van der Waals surface area contributed by atoms with Gasteiger partial charge < -0.3 is 4.74 Å². The maximum absolute atomic E-state index is 6.03. The Labute approximate surface area is 187 Å². The summed E-state index contributed by atoms with van der Waals surface area (Å²) in [6.07, 6.45) is 0. The standard InChI is InChI=1S/C31H22O/c1-32-31-22(21-11-3-2-4-12-21)17-9-20-29(31)28-19-10-18-27-25-14-6-5-13-23(25)24-15-7-8-16-26(24)30(27)28/h2-20H,1H3. The minimum absolute atomic E-state index is 0.906. The molecule has 0 N–H and O–H groups in total. The zero-order valence-corrected chi connectivity index (χ0v) is 17.9. The largest absolute Gasteiger partial charge is 0.495 e. The van der Waals surface area contributed by atoms with Gasteiger partial charge in [0.25, 0.3) is 0 Å². The van der Waals surface area contributed by atoms with Crippen molar-refractivity contribution in [3.05, 3.63) is 115 Å². The molecule has 1 heteroatoms. The molecule has 32 heavy (non-hydrogen) atoms. The van der Waals surface area contributed by atoms with Crippen LogP contribution in [0.5, 0.6) is 5.75 Å². The lowest BCUT2D eigenvalue weighted by atomic mass is 9.88. The average Bonchev–Trinajstić information content (AvgIpc) is 2.88. The molecule has 0 saturated heterocycles. The second-order valence-electron chi connectivity index (χ2n) is 8.07. The van der Waals surface area contributed by atoms with Crippen LogP contribution in [0.25, 0.3) is 54.6 Å². The molecule has 1 nitrogen and oxygen atoms in total. The third-order valence-electron chi connectivity index (χ3n) is 6.36. The molecule has 6 aromatic rings. The van der Waals surface area contributed by atoms with Crippen molar-refractivity contribution in [1.82, 2.24) is 0 Å². The molecule has 0 aliphatic carbocycles. The molecule has 6 rings (SSSR count). The van der Waals surface area contributed by atoms with E-state index in [0.717, 1.165) is 22.4 Å². The molecule has 0 aliphatic heterocycles. The summed E-state index contributed by atoms with van der Waals surface area (Å²) in [4.78, 5) is 0. The molecule has 0 atom stereocenters. The molecule has 0 aliphatic rings. The summed E-state index contributed by atoms with van der Waals surface area (Å²) in [5, 5.41) is 7.65. The number of hydrogen-bond acceptors (Lipinski definition) is 1. The van der Waals surface area contributed by atoms with E-state index >= 15 is 0 Å². The molecule has 0 amide bonds. The molecule has 0 spiro atoms. The molecule has 0 aromatic heterocycles. The van der Waals surface area contributed by atoms with Crippen LogP contribution in [0.4, 0.5) is 0 Å². The SMILES string of the molecule is COc1c(-c2ccccc2)cccc1-c1cccc2c3ccccc3c3ccccc3c12. The van der Waals surface area contributed by atoms with Gasteiger partial charge in [0.15, 0.2) is 0 Å². The van der Waals surface area contributed by atoms with E-state index in [9.17, 15) is 0 Å². The van der Waals surface area contributed by atoms with E-state index < -0.39 is 0 Å². The van der Waals surface area contributed by atoms with Gasteiger partial charge in [-0.05, 0) is 43.4 Å². The van der Waals surface area contributed by atoms with Crippen LogP contribution in [-0.2, 0) is 0 Å². The summed E-state index contributed by atoms with van der Waals surface area (Å²) < 4.78 is 6.03. The number of rotatable bonds is 3. The number of ether oxygens (including phenoxy) is 1. The normalized spacial score (nSPS) is 11.3. The van der Waals surface area contributed by atoms with Crippen LogP contribution in [0, 0.1) is 0 Å². The van der Waals surface area contributed by atoms with Gasteiger partial charge in [-0.15, -0.1) is 0 Å². The number of para-hydroxylation sites is 1. The summed E-state index contributed by atoms with van der Waals surface area (Å²) in [5.41, 5.74) is 4.56. The van der Waals surface area contributed by atoms with Gasteiger partial charge in [0.1, 0.15) is 5.75 Å². The lowest BCUT2D eigenvalue weighted by molar-refractivity contribution is 0.418. The highest BCUT2D eigenvalue weighted by Crippen LogP contribution is 2.45. The molecule has 0 heterocycles. The summed E-state index contributed by atoms with van der Waals surface area (Å²) in [7, 11) is 1.77. The van der Waals surface area contributed by atoms with Crippen LogP contribution < -0.4 is 4.74 Å². The van der Waals surface area contributed by atoms with E-state index in [4.69, 9.17) is 4.74 Å². The lowest BCUT2D eigenvalue weighted by Crippen LogP contribution is -1.93. The Hall–Kier alpha value is -4.10. The first-order valence-corrected chi connectivity index (χ1v) is 10.9. The highest BCUT2D eigenvalue weighted by Gasteiger charge is 2.17. The van der Waals surface area contributed by atoms with Gasteiger partial charge in [-0.25, -0.2) is 0 Å². The fourth-order valence-electron chi connectivity index (χ4n) is 4.99. The minimum atomic E-state index is 0.906. The second-order valence-corrected chi connectivity index (χ2v) is 8.07. The number of fused-ring (bicyclic) bond motifs is 6. The molecular formula is C31H22O. The minimum Gasteiger partial charge on any atom is -0.495 e. The topological polar surface area (TPSA) is 9.23 Å². The highest BCUT2D eigenvalue weighted by molar-refractivity contribution is 6.28. The Balaban J connectivity index is 1.76. The first kappa shape index (κ1) is 18.7. The van der Waals surface area contributed by atoms with E-state index in [-0.39, 0.29) is 0 Å². The van der Waals surface area contributed by atoms with Crippen molar-refractivity contribution >= 4 is 32.3 Å². The van der Waals surface area contributed by atoms with Crippen molar-refractivity contribution in [1.29, 1.82) is 0 Å². The van der Waals surface area contributed by atoms with Gasteiger partial charge >= 0.3 is 0 Å². The third-order valence-corrected chi connectivity index (χ3v) is 6.36. The number of hydrogen-bond donors (Lipinski definition) is 0. The maximum Gasteiger partial charge on any atom is 0.134 e. The van der Waals surface area contributed by atoms with Gasteiger partial charge in [-0.3, -0.25) is 0 Å². The van der Waals surface area contributed by atoms with Crippen molar-refractivity contribution in [2.45, 2.75) is 0 Å². The second kappa shape index (κ2) is 7.55. The number of methoxy groups -OCH3 is 1. The maximum atomic E-state index is 6.03. The average molecular weight is 411 g/mol. The van der Waals surface area contributed by atoms with Crippen LogP contribution in [0.3, 0.4) is 0 Å². The Kier molecular flexibility index (Phi) is 4.40. The van der Waals surface area contributed by atoms with Crippen LogP contribution in [0.15, 0.2) is 115 Å². The summed E-state index contributed by atoms with van der Waals surface area (Å²) in [5.74, 6) is 0.906. The Morgan fingerprint density at radius 1 is 0.406 bits per heavy atom. The van der Waals surface area contributed by atoms with Crippen molar-refractivity contribution in [3.8, 4) is 28.0 Å². The first-order valence-electron chi connectivity index (χ1n) is 10.9. The van der Waals surface area contributed by atoms with Crippen molar-refractivity contribution < 1.29 is 4.74 Å². The Morgan fingerprint density at radius 2 is 0.875 bits per heavy atom. The van der Waals surface area contributed by atoms with Crippen LogP contribution in [0.2, 0.25) is 0 Å². The molecule has 0 saturated carbocycles. The first-order chi connectivity index (χ1) is 15.9. The third kappa shape index (κ3) is 2.79. The van der Waals surface area contributed by atoms with E-state index in [1.165, 1.54) is 37.9 Å². The van der Waals surface area contributed by atoms with Crippen LogP contribution >= 0.6 is 0 Å². The van der Waals surface area contributed by atoms with Crippen molar-refractivity contribution in [3.63, 3.8) is 0 Å². The van der Waals surface area contributed by atoms with Gasteiger partial charge in [0.2, 0.25) is 0 Å². The van der Waals surface area contributed by atoms with E-state index in [1.807, 2.05) is 6.07 Å². The molecule has 0 radical (unpaired) electrons. The van der Waals surface area contributed by atoms with Crippen LogP contribution in [-0.4, -0.2) is 7.11 Å². The van der Waals surface area contributed by atoms with Crippen molar-refractivity contribution in [2.24, 2.45) is 0 Å². The molecule has 0 bridgehead atoms. The van der Waals surface area contributed by atoms with Crippen molar-refractivity contribution in [2.75, 3.05) is 7.11 Å². The quantitative estimate of drug-likeness (QED) is 0.266. The van der Waals surface area contributed by atoms with E-state index in [1.54, 1.807) is 7.11 Å². The highest BCUT2D eigenvalue weighted by atomic mass is 16.5. The Morgan fingerprint density at radius 3 is 1.53 bits per heavy atom. The monoisotopic (exact) mass is 410 g/mol. The lowest BCUT2D eigenvalue weighted by Gasteiger charge is -2.18. The Bertz CT molecular complexity index is 1550.